The van der Waals surface area contributed by atoms with E-state index in [1.165, 1.54) is 0 Å². The predicted molar refractivity (Wildman–Crippen MR) is 51.8 cm³/mol. The van der Waals surface area contributed by atoms with Crippen molar-refractivity contribution in [3.8, 4) is 0 Å². The molecule has 0 radical (unpaired) electrons. The average molecular weight is 201 g/mol. The smallest absolute Gasteiger partial charge is 0.451 e. The normalized spacial score (nSPS) is 26.4. The van der Waals surface area contributed by atoms with E-state index in [0.717, 1.165) is 6.54 Å². The number of hydrogen-bond donors (Lipinski definition) is 4. The van der Waals surface area contributed by atoms with Gasteiger partial charge >= 0.3 is 13.1 Å². The maximum absolute atomic E-state index is 10.8. The maximum Gasteiger partial charge on any atom is 0.451 e. The SMILES string of the molecule is O=C(O)C1CCN[C@@H]1CCCB(O)O. The summed E-state index contributed by atoms with van der Waals surface area (Å²) in [6.07, 6.45) is 2.31. The third kappa shape index (κ3) is 3.28. The van der Waals surface area contributed by atoms with Gasteiger partial charge in [-0.3, -0.25) is 4.79 Å². The van der Waals surface area contributed by atoms with E-state index in [4.69, 9.17) is 15.2 Å². The molecule has 1 rings (SSSR count). The Hall–Kier alpha value is -0.585. The lowest BCUT2D eigenvalue weighted by atomic mass is 9.82. The summed E-state index contributed by atoms with van der Waals surface area (Å²) in [4.78, 5) is 10.8. The van der Waals surface area contributed by atoms with Gasteiger partial charge in [0, 0.05) is 6.04 Å². The van der Waals surface area contributed by atoms with Crippen LogP contribution in [0, 0.1) is 5.92 Å². The summed E-state index contributed by atoms with van der Waals surface area (Å²) in [5.41, 5.74) is 0. The van der Waals surface area contributed by atoms with Crippen LogP contribution in [-0.2, 0) is 4.79 Å². The Morgan fingerprint density at radius 3 is 2.79 bits per heavy atom. The van der Waals surface area contributed by atoms with Crippen molar-refractivity contribution in [2.24, 2.45) is 5.92 Å². The van der Waals surface area contributed by atoms with Gasteiger partial charge < -0.3 is 20.5 Å². The Morgan fingerprint density at radius 2 is 2.21 bits per heavy atom. The molecule has 1 fully saturated rings. The summed E-state index contributed by atoms with van der Waals surface area (Å²) >= 11 is 0. The molecule has 1 unspecified atom stereocenters. The lowest BCUT2D eigenvalue weighted by molar-refractivity contribution is -0.142. The van der Waals surface area contributed by atoms with Gasteiger partial charge in [-0.05, 0) is 25.7 Å². The summed E-state index contributed by atoms with van der Waals surface area (Å²) in [5, 5.41) is 29.2. The van der Waals surface area contributed by atoms with Gasteiger partial charge in [-0.1, -0.05) is 6.42 Å². The molecule has 14 heavy (non-hydrogen) atoms. The number of carboxylic acid groups (broad SMARTS) is 1. The van der Waals surface area contributed by atoms with Crippen LogP contribution < -0.4 is 5.32 Å². The molecular formula is C8H16BNO4. The third-order valence-corrected chi connectivity index (χ3v) is 2.64. The lowest BCUT2D eigenvalue weighted by Crippen LogP contribution is -2.31. The number of nitrogens with one attached hydrogen (secondary N) is 1. The zero-order valence-electron chi connectivity index (χ0n) is 8.02. The van der Waals surface area contributed by atoms with E-state index in [-0.39, 0.29) is 12.0 Å². The van der Waals surface area contributed by atoms with Crippen LogP contribution in [0.5, 0.6) is 0 Å². The summed E-state index contributed by atoms with van der Waals surface area (Å²) in [6, 6.07) is -0.00810. The van der Waals surface area contributed by atoms with E-state index >= 15 is 0 Å². The Labute approximate surface area is 83.3 Å². The predicted octanol–water partition coefficient (Wildman–Crippen LogP) is -0.698. The molecule has 0 aromatic heterocycles. The molecule has 1 aliphatic rings. The van der Waals surface area contributed by atoms with Crippen LogP contribution in [-0.4, -0.2) is 40.8 Å². The number of rotatable bonds is 5. The van der Waals surface area contributed by atoms with Crippen LogP contribution >= 0.6 is 0 Å². The van der Waals surface area contributed by atoms with E-state index in [1.807, 2.05) is 0 Å². The van der Waals surface area contributed by atoms with E-state index in [0.29, 0.717) is 25.6 Å². The molecule has 4 N–H and O–H groups in total. The Balaban J connectivity index is 2.26. The minimum atomic E-state index is -1.28. The maximum atomic E-state index is 10.8. The first kappa shape index (κ1) is 11.5. The minimum absolute atomic E-state index is 0.00810. The first-order chi connectivity index (χ1) is 6.61. The molecule has 5 nitrogen and oxygen atoms in total. The van der Waals surface area contributed by atoms with Gasteiger partial charge in [-0.15, -0.1) is 0 Å². The zero-order valence-corrected chi connectivity index (χ0v) is 8.02. The molecule has 0 aliphatic carbocycles. The average Bonchev–Trinajstić information content (AvgIpc) is 2.51. The van der Waals surface area contributed by atoms with Gasteiger partial charge in [-0.25, -0.2) is 0 Å². The van der Waals surface area contributed by atoms with Crippen molar-refractivity contribution in [1.82, 2.24) is 5.32 Å². The van der Waals surface area contributed by atoms with E-state index in [9.17, 15) is 4.79 Å². The number of aliphatic carboxylic acids is 1. The summed E-state index contributed by atoms with van der Waals surface area (Å²) in [7, 11) is -1.28. The fourth-order valence-corrected chi connectivity index (χ4v) is 1.89. The number of carboxylic acids is 1. The molecule has 6 heteroatoms. The number of hydrogen-bond acceptors (Lipinski definition) is 4. The molecule has 1 aliphatic heterocycles. The topological polar surface area (TPSA) is 89.8 Å². The fourth-order valence-electron chi connectivity index (χ4n) is 1.89. The first-order valence-corrected chi connectivity index (χ1v) is 4.93. The largest absolute Gasteiger partial charge is 0.481 e. The highest BCUT2D eigenvalue weighted by molar-refractivity contribution is 6.40. The molecule has 0 bridgehead atoms. The Kier molecular flexibility index (Phi) is 4.38. The van der Waals surface area contributed by atoms with E-state index < -0.39 is 13.1 Å². The van der Waals surface area contributed by atoms with Gasteiger partial charge in [-0.2, -0.15) is 0 Å². The van der Waals surface area contributed by atoms with Crippen molar-refractivity contribution >= 4 is 13.1 Å². The van der Waals surface area contributed by atoms with Gasteiger partial charge in [0.1, 0.15) is 0 Å². The van der Waals surface area contributed by atoms with Crippen LogP contribution in [0.3, 0.4) is 0 Å². The standard InChI is InChI=1S/C8H16BNO4/c11-8(12)6-3-5-10-7(6)2-1-4-9(13)14/h6-7,10,13-14H,1-5H2,(H,11,12)/t6?,7-/m1/s1. The molecule has 0 spiro atoms. The molecule has 0 aromatic rings. The monoisotopic (exact) mass is 201 g/mol. The second kappa shape index (κ2) is 5.33. The van der Waals surface area contributed by atoms with Gasteiger partial charge in [0.05, 0.1) is 5.92 Å². The van der Waals surface area contributed by atoms with Crippen molar-refractivity contribution in [3.63, 3.8) is 0 Å². The van der Waals surface area contributed by atoms with Crippen LogP contribution in [0.4, 0.5) is 0 Å². The lowest BCUT2D eigenvalue weighted by Gasteiger charge is -2.15. The zero-order chi connectivity index (χ0) is 10.6. The van der Waals surface area contributed by atoms with Crippen molar-refractivity contribution in [2.75, 3.05) is 6.54 Å². The molecule has 80 valence electrons. The second-order valence-electron chi connectivity index (χ2n) is 3.71. The minimum Gasteiger partial charge on any atom is -0.481 e. The van der Waals surface area contributed by atoms with Crippen LogP contribution in [0.1, 0.15) is 19.3 Å². The summed E-state index contributed by atoms with van der Waals surface area (Å²) < 4.78 is 0. The Morgan fingerprint density at radius 1 is 1.50 bits per heavy atom. The quantitative estimate of drug-likeness (QED) is 0.441. The van der Waals surface area contributed by atoms with Crippen molar-refractivity contribution < 1.29 is 19.9 Å². The van der Waals surface area contributed by atoms with Crippen molar-refractivity contribution in [1.29, 1.82) is 0 Å². The first-order valence-electron chi connectivity index (χ1n) is 4.93. The van der Waals surface area contributed by atoms with Crippen molar-refractivity contribution in [2.45, 2.75) is 31.6 Å². The highest BCUT2D eigenvalue weighted by Gasteiger charge is 2.31. The highest BCUT2D eigenvalue weighted by Crippen LogP contribution is 2.20. The number of carbonyl (C=O) groups is 1. The second-order valence-corrected chi connectivity index (χ2v) is 3.71. The van der Waals surface area contributed by atoms with E-state index in [2.05, 4.69) is 5.32 Å². The molecule has 2 atom stereocenters. The fraction of sp³-hybridized carbons (Fsp3) is 0.875. The summed E-state index contributed by atoms with van der Waals surface area (Å²) in [5.74, 6) is -1.07. The third-order valence-electron chi connectivity index (χ3n) is 2.64. The van der Waals surface area contributed by atoms with Gasteiger partial charge in [0.25, 0.3) is 0 Å². The molecular weight excluding hydrogens is 185 g/mol. The van der Waals surface area contributed by atoms with Gasteiger partial charge in [0.15, 0.2) is 0 Å². The van der Waals surface area contributed by atoms with Crippen LogP contribution in [0.25, 0.3) is 0 Å². The summed E-state index contributed by atoms with van der Waals surface area (Å²) in [6.45, 7) is 0.739. The molecule has 1 saturated heterocycles. The van der Waals surface area contributed by atoms with E-state index in [1.54, 1.807) is 0 Å². The molecule has 0 amide bonds. The van der Waals surface area contributed by atoms with Crippen LogP contribution in [0.15, 0.2) is 0 Å². The molecule has 1 heterocycles. The van der Waals surface area contributed by atoms with Crippen LogP contribution in [0.2, 0.25) is 6.32 Å². The van der Waals surface area contributed by atoms with Crippen molar-refractivity contribution in [3.05, 3.63) is 0 Å². The highest BCUT2D eigenvalue weighted by atomic mass is 16.4. The Bertz CT molecular complexity index is 200. The molecule has 0 aromatic carbocycles. The van der Waals surface area contributed by atoms with Gasteiger partial charge in [0.2, 0.25) is 0 Å². The molecule has 0 saturated carbocycles.